The van der Waals surface area contributed by atoms with Gasteiger partial charge in [-0.05, 0) is 18.6 Å². The Labute approximate surface area is 95.2 Å². The van der Waals surface area contributed by atoms with Gasteiger partial charge in [0.2, 0.25) is 0 Å². The maximum atomic E-state index is 5.31. The lowest BCUT2D eigenvalue weighted by Crippen LogP contribution is -1.83. The first-order valence-corrected chi connectivity index (χ1v) is 5.21. The number of fused-ring (bicyclic) bond motifs is 1. The lowest BCUT2D eigenvalue weighted by molar-refractivity contribution is 0.419. The van der Waals surface area contributed by atoms with Crippen molar-refractivity contribution in [3.05, 3.63) is 48.7 Å². The van der Waals surface area contributed by atoms with Crippen molar-refractivity contribution in [2.24, 2.45) is 0 Å². The number of para-hydroxylation sites is 1. The van der Waals surface area contributed by atoms with E-state index in [1.54, 1.807) is 13.2 Å². The first-order chi connectivity index (χ1) is 7.77. The molecule has 0 aliphatic carbocycles. The molecule has 82 valence electrons. The van der Waals surface area contributed by atoms with Gasteiger partial charge in [0.25, 0.3) is 0 Å². The highest BCUT2D eigenvalue weighted by atomic mass is 16.5. The van der Waals surface area contributed by atoms with Crippen LogP contribution in [0.5, 0.6) is 5.75 Å². The van der Waals surface area contributed by atoms with Crippen LogP contribution in [0.1, 0.15) is 12.5 Å². The van der Waals surface area contributed by atoms with Gasteiger partial charge in [0, 0.05) is 17.1 Å². The van der Waals surface area contributed by atoms with Gasteiger partial charge in [-0.25, -0.2) is 0 Å². The first-order valence-electron chi connectivity index (χ1n) is 5.21. The monoisotopic (exact) mass is 213 g/mol. The van der Waals surface area contributed by atoms with Crippen molar-refractivity contribution in [2.45, 2.75) is 6.92 Å². The summed E-state index contributed by atoms with van der Waals surface area (Å²) in [5, 5.41) is 1.18. The third-order valence-electron chi connectivity index (χ3n) is 2.69. The van der Waals surface area contributed by atoms with Crippen LogP contribution in [-0.4, -0.2) is 12.1 Å². The number of H-pyrrole nitrogens is 1. The minimum atomic E-state index is 0.871. The fourth-order valence-electron chi connectivity index (χ4n) is 1.89. The number of aromatic amines is 1. The smallest absolute Gasteiger partial charge is 0.142 e. The van der Waals surface area contributed by atoms with Crippen molar-refractivity contribution in [2.75, 3.05) is 7.11 Å². The molecular weight excluding hydrogens is 198 g/mol. The van der Waals surface area contributed by atoms with Crippen molar-refractivity contribution in [3.63, 3.8) is 0 Å². The summed E-state index contributed by atoms with van der Waals surface area (Å²) in [5.41, 5.74) is 3.42. The third kappa shape index (κ3) is 1.63. The molecule has 0 atom stereocenters. The first kappa shape index (κ1) is 10.6. The lowest BCUT2D eigenvalue weighted by atomic mass is 10.1. The van der Waals surface area contributed by atoms with Crippen LogP contribution in [0, 0.1) is 0 Å². The molecule has 1 aromatic heterocycles. The molecule has 2 rings (SSSR count). The maximum Gasteiger partial charge on any atom is 0.142 e. The van der Waals surface area contributed by atoms with E-state index in [9.17, 15) is 0 Å². The van der Waals surface area contributed by atoms with Crippen LogP contribution in [0.4, 0.5) is 0 Å². The summed E-state index contributed by atoms with van der Waals surface area (Å²) in [6.07, 6.45) is 5.80. The normalized spacial score (nSPS) is 11.8. The zero-order valence-electron chi connectivity index (χ0n) is 9.58. The van der Waals surface area contributed by atoms with Crippen molar-refractivity contribution < 1.29 is 4.74 Å². The maximum absolute atomic E-state index is 5.31. The summed E-state index contributed by atoms with van der Waals surface area (Å²) in [7, 11) is 1.68. The molecular formula is C14H15NO. The highest BCUT2D eigenvalue weighted by Crippen LogP contribution is 2.30. The van der Waals surface area contributed by atoms with Gasteiger partial charge in [-0.2, -0.15) is 0 Å². The van der Waals surface area contributed by atoms with E-state index in [-0.39, 0.29) is 0 Å². The van der Waals surface area contributed by atoms with Gasteiger partial charge >= 0.3 is 0 Å². The zero-order valence-corrected chi connectivity index (χ0v) is 9.58. The largest absolute Gasteiger partial charge is 0.495 e. The van der Waals surface area contributed by atoms with E-state index in [1.165, 1.54) is 16.5 Å². The summed E-state index contributed by atoms with van der Waals surface area (Å²) < 4.78 is 5.31. The van der Waals surface area contributed by atoms with Crippen LogP contribution >= 0.6 is 0 Å². The fourth-order valence-corrected chi connectivity index (χ4v) is 1.89. The average molecular weight is 213 g/mol. The molecule has 0 saturated carbocycles. The van der Waals surface area contributed by atoms with Gasteiger partial charge in [0.05, 0.1) is 12.6 Å². The average Bonchev–Trinajstić information content (AvgIpc) is 2.72. The molecule has 0 saturated heterocycles. The minimum absolute atomic E-state index is 0.871. The molecule has 0 spiro atoms. The Morgan fingerprint density at radius 3 is 2.94 bits per heavy atom. The van der Waals surface area contributed by atoms with Crippen LogP contribution in [0.25, 0.3) is 16.5 Å². The van der Waals surface area contributed by atoms with E-state index in [4.69, 9.17) is 4.74 Å². The molecule has 2 heteroatoms. The molecule has 1 N–H and O–H groups in total. The SMILES string of the molecule is C=C/C=C(\C)c1c[nH]c2c(OC)cccc12. The Balaban J connectivity index is 2.66. The molecule has 16 heavy (non-hydrogen) atoms. The summed E-state index contributed by atoms with van der Waals surface area (Å²) >= 11 is 0. The lowest BCUT2D eigenvalue weighted by Gasteiger charge is -2.02. The molecule has 0 fully saturated rings. The van der Waals surface area contributed by atoms with E-state index in [1.807, 2.05) is 24.4 Å². The van der Waals surface area contributed by atoms with Crippen molar-refractivity contribution in [1.29, 1.82) is 0 Å². The number of ether oxygens (including phenoxy) is 1. The molecule has 0 aliphatic rings. The Kier molecular flexibility index (Phi) is 2.82. The Bertz CT molecular complexity index is 549. The van der Waals surface area contributed by atoms with Gasteiger partial charge in [0.1, 0.15) is 5.75 Å². The number of hydrogen-bond donors (Lipinski definition) is 1. The molecule has 0 bridgehead atoms. The zero-order chi connectivity index (χ0) is 11.5. The number of rotatable bonds is 3. The molecule has 1 heterocycles. The van der Waals surface area contributed by atoms with Gasteiger partial charge in [-0.3, -0.25) is 0 Å². The van der Waals surface area contributed by atoms with Crippen LogP contribution < -0.4 is 4.74 Å². The predicted molar refractivity (Wildman–Crippen MR) is 68.7 cm³/mol. The molecule has 0 radical (unpaired) electrons. The van der Waals surface area contributed by atoms with Crippen molar-refractivity contribution in [3.8, 4) is 5.75 Å². The summed E-state index contributed by atoms with van der Waals surface area (Å²) in [5.74, 6) is 0.871. The summed E-state index contributed by atoms with van der Waals surface area (Å²) in [6, 6.07) is 6.04. The molecule has 0 aliphatic heterocycles. The van der Waals surface area contributed by atoms with E-state index in [2.05, 4.69) is 24.6 Å². The Hall–Kier alpha value is -1.96. The number of allylic oxidation sites excluding steroid dienone is 3. The van der Waals surface area contributed by atoms with Crippen LogP contribution in [0.15, 0.2) is 43.1 Å². The van der Waals surface area contributed by atoms with E-state index in [0.29, 0.717) is 0 Å². The number of methoxy groups -OCH3 is 1. The number of nitrogens with one attached hydrogen (secondary N) is 1. The Morgan fingerprint density at radius 2 is 2.25 bits per heavy atom. The molecule has 2 aromatic rings. The quantitative estimate of drug-likeness (QED) is 0.771. The van der Waals surface area contributed by atoms with Gasteiger partial charge in [-0.1, -0.05) is 30.9 Å². The van der Waals surface area contributed by atoms with Crippen LogP contribution in [-0.2, 0) is 0 Å². The standard InChI is InChI=1S/C14H15NO/c1-4-6-10(2)12-9-15-14-11(12)7-5-8-13(14)16-3/h4-9,15H,1H2,2-3H3/b10-6+. The van der Waals surface area contributed by atoms with E-state index >= 15 is 0 Å². The predicted octanol–water partition coefficient (Wildman–Crippen LogP) is 3.77. The van der Waals surface area contributed by atoms with Gasteiger partial charge in [0.15, 0.2) is 0 Å². The number of aromatic nitrogens is 1. The Morgan fingerprint density at radius 1 is 1.44 bits per heavy atom. The second-order valence-corrected chi connectivity index (χ2v) is 3.67. The highest BCUT2D eigenvalue weighted by molar-refractivity contribution is 5.95. The van der Waals surface area contributed by atoms with Crippen molar-refractivity contribution >= 4 is 16.5 Å². The summed E-state index contributed by atoms with van der Waals surface area (Å²) in [6.45, 7) is 5.79. The van der Waals surface area contributed by atoms with Crippen LogP contribution in [0.3, 0.4) is 0 Å². The van der Waals surface area contributed by atoms with Gasteiger partial charge in [-0.15, -0.1) is 0 Å². The second-order valence-electron chi connectivity index (χ2n) is 3.67. The number of benzene rings is 1. The van der Waals surface area contributed by atoms with Gasteiger partial charge < -0.3 is 9.72 Å². The fraction of sp³-hybridized carbons (Fsp3) is 0.143. The highest BCUT2D eigenvalue weighted by Gasteiger charge is 2.07. The van der Waals surface area contributed by atoms with Crippen molar-refractivity contribution in [1.82, 2.24) is 4.98 Å². The van der Waals surface area contributed by atoms with Crippen LogP contribution in [0.2, 0.25) is 0 Å². The molecule has 1 aromatic carbocycles. The number of hydrogen-bond acceptors (Lipinski definition) is 1. The topological polar surface area (TPSA) is 25.0 Å². The third-order valence-corrected chi connectivity index (χ3v) is 2.69. The van der Waals surface area contributed by atoms with E-state index in [0.717, 1.165) is 11.3 Å². The summed E-state index contributed by atoms with van der Waals surface area (Å²) in [4.78, 5) is 3.25. The van der Waals surface area contributed by atoms with E-state index < -0.39 is 0 Å². The second kappa shape index (κ2) is 4.27. The minimum Gasteiger partial charge on any atom is -0.495 e. The molecule has 0 amide bonds. The molecule has 0 unspecified atom stereocenters. The molecule has 2 nitrogen and oxygen atoms in total.